The first-order valence-corrected chi connectivity index (χ1v) is 7.63. The lowest BCUT2D eigenvalue weighted by Crippen LogP contribution is -2.42. The van der Waals surface area contributed by atoms with Crippen LogP contribution < -0.4 is 20.3 Å². The van der Waals surface area contributed by atoms with Crippen LogP contribution >= 0.6 is 0 Å². The molecule has 2 aromatic carbocycles. The maximum atomic E-state index is 12.3. The highest BCUT2D eigenvalue weighted by atomic mass is 16.6. The maximum Gasteiger partial charge on any atom is 0.286 e. The molecule has 0 aliphatic rings. The Kier molecular flexibility index (Phi) is 6.15. The van der Waals surface area contributed by atoms with Gasteiger partial charge in [-0.25, -0.2) is 0 Å². The van der Waals surface area contributed by atoms with E-state index in [1.54, 1.807) is 12.1 Å². The van der Waals surface area contributed by atoms with Crippen LogP contribution in [0.1, 0.15) is 15.9 Å². The van der Waals surface area contributed by atoms with E-state index in [2.05, 4.69) is 10.9 Å². The Labute approximate surface area is 153 Å². The number of hydrogen-bond donors (Lipinski definition) is 3. The Hall–Kier alpha value is -3.82. The molecule has 0 fully saturated rings. The summed E-state index contributed by atoms with van der Waals surface area (Å²) in [5, 5.41) is 20.6. The second-order valence-electron chi connectivity index (χ2n) is 5.33. The normalized spacial score (nSPS) is 10.0. The number of nitro groups is 1. The van der Waals surface area contributed by atoms with Gasteiger partial charge in [0.25, 0.3) is 11.6 Å². The number of aromatic hydroxyl groups is 1. The number of carbonyl (C=O) groups excluding carboxylic acids is 2. The molecule has 0 atom stereocenters. The van der Waals surface area contributed by atoms with Crippen molar-refractivity contribution in [1.29, 1.82) is 0 Å². The van der Waals surface area contributed by atoms with E-state index in [0.717, 1.165) is 12.1 Å². The average Bonchev–Trinajstić information content (AvgIpc) is 2.64. The summed E-state index contributed by atoms with van der Waals surface area (Å²) < 4.78 is 10.0. The van der Waals surface area contributed by atoms with Crippen molar-refractivity contribution in [3.63, 3.8) is 0 Å². The summed E-state index contributed by atoms with van der Waals surface area (Å²) in [5.74, 6) is -1.25. The van der Waals surface area contributed by atoms with Crippen molar-refractivity contribution in [3.8, 4) is 17.2 Å². The van der Waals surface area contributed by atoms with Gasteiger partial charge in [-0.15, -0.1) is 0 Å². The third kappa shape index (κ3) is 4.84. The molecule has 0 heterocycles. The summed E-state index contributed by atoms with van der Waals surface area (Å²) in [6.07, 6.45) is -0.108. The summed E-state index contributed by atoms with van der Waals surface area (Å²) in [6, 6.07) is 8.26. The Morgan fingerprint density at radius 1 is 1.11 bits per heavy atom. The molecule has 0 spiro atoms. The smallest absolute Gasteiger partial charge is 0.286 e. The van der Waals surface area contributed by atoms with E-state index in [4.69, 9.17) is 9.47 Å². The molecule has 0 unspecified atom stereocenters. The molecule has 0 aliphatic carbocycles. The van der Waals surface area contributed by atoms with E-state index in [-0.39, 0.29) is 29.2 Å². The Balaban J connectivity index is 2.12. The number of nitro benzene ring substituents is 1. The molecule has 0 saturated heterocycles. The largest absolute Gasteiger partial charge is 0.508 e. The molecule has 0 radical (unpaired) electrons. The van der Waals surface area contributed by atoms with Crippen LogP contribution in [0.25, 0.3) is 0 Å². The second-order valence-corrected chi connectivity index (χ2v) is 5.33. The molecule has 0 saturated carbocycles. The zero-order valence-corrected chi connectivity index (χ0v) is 14.5. The lowest BCUT2D eigenvalue weighted by Gasteiger charge is -2.11. The number of nitrogens with one attached hydrogen (secondary N) is 2. The fourth-order valence-corrected chi connectivity index (χ4v) is 2.29. The SMILES string of the molecule is COc1cc(C(=O)NNC(=O)Cc2cccc(O)c2)c([N+](=O)[O-])cc1OC. The van der Waals surface area contributed by atoms with Gasteiger partial charge in [-0.1, -0.05) is 12.1 Å². The number of nitrogens with zero attached hydrogens (tertiary/aromatic N) is 1. The van der Waals surface area contributed by atoms with Crippen molar-refractivity contribution >= 4 is 17.5 Å². The third-order valence-electron chi connectivity index (χ3n) is 3.53. The van der Waals surface area contributed by atoms with Crippen LogP contribution in [0.15, 0.2) is 36.4 Å². The van der Waals surface area contributed by atoms with Crippen LogP contribution in [-0.2, 0) is 11.2 Å². The zero-order valence-electron chi connectivity index (χ0n) is 14.5. The van der Waals surface area contributed by atoms with Crippen molar-refractivity contribution < 1.29 is 29.1 Å². The van der Waals surface area contributed by atoms with Crippen molar-refractivity contribution in [1.82, 2.24) is 10.9 Å². The minimum atomic E-state index is -0.896. The molecule has 142 valence electrons. The number of hydrazine groups is 1. The number of amides is 2. The third-order valence-corrected chi connectivity index (χ3v) is 3.53. The van der Waals surface area contributed by atoms with Gasteiger partial charge in [-0.05, 0) is 17.7 Å². The van der Waals surface area contributed by atoms with Crippen molar-refractivity contribution in [2.24, 2.45) is 0 Å². The van der Waals surface area contributed by atoms with Crippen molar-refractivity contribution in [3.05, 3.63) is 57.6 Å². The maximum absolute atomic E-state index is 12.3. The predicted molar refractivity (Wildman–Crippen MR) is 93.6 cm³/mol. The molecule has 2 rings (SSSR count). The highest BCUT2D eigenvalue weighted by Crippen LogP contribution is 2.34. The molecular weight excluding hydrogens is 358 g/mol. The molecule has 10 heteroatoms. The first-order chi connectivity index (χ1) is 12.8. The van der Waals surface area contributed by atoms with Gasteiger partial charge in [0.05, 0.1) is 31.6 Å². The number of phenolic OH excluding ortho intramolecular Hbond substituents is 1. The number of carbonyl (C=O) groups is 2. The van der Waals surface area contributed by atoms with E-state index in [1.807, 2.05) is 0 Å². The van der Waals surface area contributed by atoms with Gasteiger partial charge in [0.1, 0.15) is 11.3 Å². The molecule has 0 aliphatic heterocycles. The van der Waals surface area contributed by atoms with Crippen LogP contribution in [0.4, 0.5) is 5.69 Å². The van der Waals surface area contributed by atoms with Crippen LogP contribution in [0.2, 0.25) is 0 Å². The summed E-state index contributed by atoms with van der Waals surface area (Å²) in [6.45, 7) is 0. The lowest BCUT2D eigenvalue weighted by molar-refractivity contribution is -0.385. The van der Waals surface area contributed by atoms with Crippen LogP contribution in [0, 0.1) is 10.1 Å². The highest BCUT2D eigenvalue weighted by Gasteiger charge is 2.24. The highest BCUT2D eigenvalue weighted by molar-refractivity contribution is 6.00. The molecule has 3 N–H and O–H groups in total. The van der Waals surface area contributed by atoms with Gasteiger partial charge in [-0.3, -0.25) is 30.6 Å². The number of benzene rings is 2. The number of phenols is 1. The average molecular weight is 375 g/mol. The molecule has 27 heavy (non-hydrogen) atoms. The van der Waals surface area contributed by atoms with E-state index in [9.17, 15) is 24.8 Å². The van der Waals surface area contributed by atoms with Crippen LogP contribution in [0.3, 0.4) is 0 Å². The summed E-state index contributed by atoms with van der Waals surface area (Å²) in [5.41, 5.74) is 3.99. The van der Waals surface area contributed by atoms with Crippen LogP contribution in [0.5, 0.6) is 17.2 Å². The van der Waals surface area contributed by atoms with E-state index < -0.39 is 22.4 Å². The van der Waals surface area contributed by atoms with E-state index in [0.29, 0.717) is 5.56 Å². The molecule has 2 aromatic rings. The Morgan fingerprint density at radius 2 is 1.78 bits per heavy atom. The minimum absolute atomic E-state index is 0.00490. The Bertz CT molecular complexity index is 883. The summed E-state index contributed by atoms with van der Waals surface area (Å²) in [7, 11) is 2.63. The number of ether oxygens (including phenoxy) is 2. The van der Waals surface area contributed by atoms with Gasteiger partial charge < -0.3 is 14.6 Å². The van der Waals surface area contributed by atoms with Gasteiger partial charge in [0.2, 0.25) is 5.91 Å². The fraction of sp³-hybridized carbons (Fsp3) is 0.176. The number of rotatable bonds is 6. The quantitative estimate of drug-likeness (QED) is 0.511. The van der Waals surface area contributed by atoms with Gasteiger partial charge in [0, 0.05) is 6.07 Å². The lowest BCUT2D eigenvalue weighted by atomic mass is 10.1. The van der Waals surface area contributed by atoms with Gasteiger partial charge in [0.15, 0.2) is 11.5 Å². The second kappa shape index (κ2) is 8.52. The molecule has 0 bridgehead atoms. The van der Waals surface area contributed by atoms with Gasteiger partial charge >= 0.3 is 0 Å². The first-order valence-electron chi connectivity index (χ1n) is 7.63. The topological polar surface area (TPSA) is 140 Å². The minimum Gasteiger partial charge on any atom is -0.508 e. The zero-order chi connectivity index (χ0) is 20.0. The number of hydrogen-bond acceptors (Lipinski definition) is 7. The molecule has 2 amide bonds. The summed E-state index contributed by atoms with van der Waals surface area (Å²) >= 11 is 0. The van der Waals surface area contributed by atoms with Crippen molar-refractivity contribution in [2.45, 2.75) is 6.42 Å². The summed E-state index contributed by atoms with van der Waals surface area (Å²) in [4.78, 5) is 34.7. The predicted octanol–water partition coefficient (Wildman–Crippen LogP) is 1.32. The molecule has 10 nitrogen and oxygen atoms in total. The van der Waals surface area contributed by atoms with Gasteiger partial charge in [-0.2, -0.15) is 0 Å². The number of methoxy groups -OCH3 is 2. The Morgan fingerprint density at radius 3 is 2.37 bits per heavy atom. The van der Waals surface area contributed by atoms with Crippen molar-refractivity contribution in [2.75, 3.05) is 14.2 Å². The molecular formula is C17H17N3O7. The monoisotopic (exact) mass is 375 g/mol. The van der Waals surface area contributed by atoms with Crippen LogP contribution in [-0.4, -0.2) is 36.1 Å². The first kappa shape index (κ1) is 19.5. The van der Waals surface area contributed by atoms with E-state index in [1.165, 1.54) is 26.4 Å². The standard InChI is InChI=1S/C17H17N3O7/c1-26-14-8-12(13(20(24)25)9-15(14)27-2)17(23)19-18-16(22)7-10-4-3-5-11(21)6-10/h3-6,8-9,21H,7H2,1-2H3,(H,18,22)(H,19,23). The fourth-order valence-electron chi connectivity index (χ4n) is 2.29. The molecule has 0 aromatic heterocycles. The van der Waals surface area contributed by atoms with E-state index >= 15 is 0 Å².